The van der Waals surface area contributed by atoms with Gasteiger partial charge in [-0.15, -0.1) is 0 Å². The van der Waals surface area contributed by atoms with E-state index in [9.17, 15) is 4.21 Å². The second-order valence-electron chi connectivity index (χ2n) is 6.42. The van der Waals surface area contributed by atoms with Crippen LogP contribution >= 0.6 is 0 Å². The van der Waals surface area contributed by atoms with Crippen molar-refractivity contribution in [2.24, 2.45) is 9.81 Å². The van der Waals surface area contributed by atoms with Gasteiger partial charge in [0.1, 0.15) is 11.0 Å². The Kier molecular flexibility index (Phi) is 4.49. The Balaban J connectivity index is 3.25. The Bertz CT molecular complexity index is 450. The van der Waals surface area contributed by atoms with Crippen LogP contribution in [0.4, 0.5) is 0 Å². The lowest BCUT2D eigenvalue weighted by atomic mass is 9.86. The third-order valence-electron chi connectivity index (χ3n) is 2.46. The van der Waals surface area contributed by atoms with Gasteiger partial charge in [0, 0.05) is 5.41 Å². The molecule has 0 aliphatic heterocycles. The smallest absolute Gasteiger partial charge is 0.145 e. The molecule has 0 aliphatic rings. The summed E-state index contributed by atoms with van der Waals surface area (Å²) in [6, 6.07) is 9.98. The molecule has 0 spiro atoms. The molecule has 2 nitrogen and oxygen atoms in total. The molecule has 3 heteroatoms. The van der Waals surface area contributed by atoms with Gasteiger partial charge < -0.3 is 0 Å². The van der Waals surface area contributed by atoms with E-state index in [-0.39, 0.29) is 10.2 Å². The second-order valence-corrected chi connectivity index (χ2v) is 8.32. The molecule has 18 heavy (non-hydrogen) atoms. The summed E-state index contributed by atoms with van der Waals surface area (Å²) in [6.45, 7) is 12.1. The van der Waals surface area contributed by atoms with Crippen LogP contribution < -0.4 is 0 Å². The maximum absolute atomic E-state index is 12.2. The van der Waals surface area contributed by atoms with Crippen LogP contribution in [0.25, 0.3) is 0 Å². The maximum Gasteiger partial charge on any atom is 0.145 e. The first-order chi connectivity index (χ1) is 8.12. The Hall–Kier alpha value is -0.960. The summed E-state index contributed by atoms with van der Waals surface area (Å²) in [7, 11) is -1.23. The molecule has 0 aliphatic carbocycles. The first kappa shape index (κ1) is 15.1. The minimum absolute atomic E-state index is 0.123. The fraction of sp³-hybridized carbons (Fsp3) is 0.533. The highest BCUT2D eigenvalue weighted by Crippen LogP contribution is 2.24. The number of hydrogen-bond acceptors (Lipinski definition) is 1. The Morgan fingerprint density at radius 2 is 1.50 bits per heavy atom. The van der Waals surface area contributed by atoms with Crippen LogP contribution in [0.2, 0.25) is 0 Å². The third-order valence-corrected chi connectivity index (χ3v) is 3.85. The molecule has 0 radical (unpaired) electrons. The van der Waals surface area contributed by atoms with Crippen molar-refractivity contribution in [1.82, 2.24) is 0 Å². The zero-order valence-electron chi connectivity index (χ0n) is 12.2. The highest BCUT2D eigenvalue weighted by atomic mass is 32.2. The van der Waals surface area contributed by atoms with Crippen LogP contribution in [0.1, 0.15) is 47.1 Å². The number of rotatable bonds is 2. The summed E-state index contributed by atoms with van der Waals surface area (Å²) in [4.78, 5) is 0. The molecule has 0 saturated carbocycles. The normalized spacial score (nSPS) is 15.6. The lowest BCUT2D eigenvalue weighted by molar-refractivity contribution is 0.591. The molecule has 0 bridgehead atoms. The van der Waals surface area contributed by atoms with Gasteiger partial charge in [-0.1, -0.05) is 51.1 Å². The molecule has 0 heterocycles. The van der Waals surface area contributed by atoms with Crippen LogP contribution in [0, 0.1) is 5.41 Å². The molecule has 1 unspecified atom stereocenters. The molecule has 0 fully saturated rings. The van der Waals surface area contributed by atoms with Gasteiger partial charge in [-0.05, 0) is 26.3 Å². The molecule has 0 N–H and O–H groups in total. The SMILES string of the molecule is CC(C)(C)/C(=N\S(=O)C(C)(C)C)c1ccccc1. The first-order valence-corrected chi connectivity index (χ1v) is 7.29. The summed E-state index contributed by atoms with van der Waals surface area (Å²) in [6.07, 6.45) is 0. The number of benzene rings is 1. The average Bonchev–Trinajstić information content (AvgIpc) is 2.23. The Labute approximate surface area is 113 Å². The van der Waals surface area contributed by atoms with Crippen LogP contribution in [0.15, 0.2) is 34.7 Å². The average molecular weight is 265 g/mol. The van der Waals surface area contributed by atoms with Crippen molar-refractivity contribution in [3.8, 4) is 0 Å². The molecular weight excluding hydrogens is 242 g/mol. The van der Waals surface area contributed by atoms with Gasteiger partial charge in [0.2, 0.25) is 0 Å². The summed E-state index contributed by atoms with van der Waals surface area (Å²) in [5.41, 5.74) is 1.82. The van der Waals surface area contributed by atoms with Crippen LogP contribution in [-0.4, -0.2) is 14.7 Å². The molecule has 1 aromatic carbocycles. The van der Waals surface area contributed by atoms with E-state index in [0.717, 1.165) is 11.3 Å². The topological polar surface area (TPSA) is 29.4 Å². The third kappa shape index (κ3) is 4.05. The zero-order chi connectivity index (χ0) is 14.0. The predicted octanol–water partition coefficient (Wildman–Crippen LogP) is 3.98. The van der Waals surface area contributed by atoms with Gasteiger partial charge in [-0.25, -0.2) is 4.21 Å². The molecule has 100 valence electrons. The van der Waals surface area contributed by atoms with Gasteiger partial charge >= 0.3 is 0 Å². The van der Waals surface area contributed by atoms with E-state index in [1.165, 1.54) is 0 Å². The van der Waals surface area contributed by atoms with E-state index in [1.54, 1.807) is 0 Å². The standard InChI is InChI=1S/C15H23NOS/c1-14(2,3)13(12-10-8-7-9-11-12)16-18(17)15(4,5)6/h7-11H,1-6H3/b16-13-. The van der Waals surface area contributed by atoms with Gasteiger partial charge in [-0.2, -0.15) is 4.40 Å². The first-order valence-electron chi connectivity index (χ1n) is 6.19. The number of hydrogen-bond donors (Lipinski definition) is 0. The van der Waals surface area contributed by atoms with Crippen LogP contribution in [0.3, 0.4) is 0 Å². The number of nitrogens with zero attached hydrogens (tertiary/aromatic N) is 1. The highest BCUT2D eigenvalue weighted by molar-refractivity contribution is 7.85. The Morgan fingerprint density at radius 1 is 1.00 bits per heavy atom. The van der Waals surface area contributed by atoms with Crippen molar-refractivity contribution >= 4 is 16.7 Å². The lowest BCUT2D eigenvalue weighted by Crippen LogP contribution is -2.26. The lowest BCUT2D eigenvalue weighted by Gasteiger charge is -2.23. The predicted molar refractivity (Wildman–Crippen MR) is 80.3 cm³/mol. The maximum atomic E-state index is 12.2. The molecular formula is C15H23NOS. The minimum Gasteiger partial charge on any atom is -0.234 e. The molecule has 0 aromatic heterocycles. The quantitative estimate of drug-likeness (QED) is 0.744. The van der Waals surface area contributed by atoms with Crippen molar-refractivity contribution in [3.63, 3.8) is 0 Å². The Morgan fingerprint density at radius 3 is 1.89 bits per heavy atom. The van der Waals surface area contributed by atoms with Crippen LogP contribution in [0.5, 0.6) is 0 Å². The minimum atomic E-state index is -1.23. The van der Waals surface area contributed by atoms with Gasteiger partial charge in [0.05, 0.1) is 10.5 Å². The fourth-order valence-electron chi connectivity index (χ4n) is 1.44. The summed E-state index contributed by atoms with van der Waals surface area (Å²) < 4.78 is 16.4. The van der Waals surface area contributed by atoms with Crippen molar-refractivity contribution in [2.45, 2.75) is 46.3 Å². The summed E-state index contributed by atoms with van der Waals surface area (Å²) in [5, 5.41) is 0. The van der Waals surface area contributed by atoms with Crippen molar-refractivity contribution in [3.05, 3.63) is 35.9 Å². The van der Waals surface area contributed by atoms with E-state index in [0.29, 0.717) is 0 Å². The van der Waals surface area contributed by atoms with Gasteiger partial charge in [-0.3, -0.25) is 0 Å². The molecule has 1 rings (SSSR count). The molecule has 0 saturated heterocycles. The molecule has 0 amide bonds. The van der Waals surface area contributed by atoms with E-state index in [4.69, 9.17) is 0 Å². The van der Waals surface area contributed by atoms with Crippen molar-refractivity contribution < 1.29 is 4.21 Å². The largest absolute Gasteiger partial charge is 0.234 e. The van der Waals surface area contributed by atoms with E-state index in [2.05, 4.69) is 25.2 Å². The van der Waals surface area contributed by atoms with Gasteiger partial charge in [0.25, 0.3) is 0 Å². The fourth-order valence-corrected chi connectivity index (χ4v) is 2.26. The van der Waals surface area contributed by atoms with Crippen LogP contribution in [-0.2, 0) is 11.0 Å². The zero-order valence-corrected chi connectivity index (χ0v) is 13.0. The second kappa shape index (κ2) is 5.35. The molecule has 1 aromatic rings. The van der Waals surface area contributed by atoms with E-state index < -0.39 is 11.0 Å². The van der Waals surface area contributed by atoms with Gasteiger partial charge in [0.15, 0.2) is 0 Å². The molecule has 1 atom stereocenters. The van der Waals surface area contributed by atoms with E-state index in [1.807, 2.05) is 51.1 Å². The monoisotopic (exact) mass is 265 g/mol. The summed E-state index contributed by atoms with van der Waals surface area (Å²) >= 11 is 0. The van der Waals surface area contributed by atoms with E-state index >= 15 is 0 Å². The van der Waals surface area contributed by atoms with Crippen molar-refractivity contribution in [1.29, 1.82) is 0 Å². The summed E-state index contributed by atoms with van der Waals surface area (Å²) in [5.74, 6) is 0. The highest BCUT2D eigenvalue weighted by Gasteiger charge is 2.25. The van der Waals surface area contributed by atoms with Crippen molar-refractivity contribution in [2.75, 3.05) is 0 Å².